The van der Waals surface area contributed by atoms with Gasteiger partial charge in [0.05, 0.1) is 0 Å². The molecule has 0 radical (unpaired) electrons. The van der Waals surface area contributed by atoms with Crippen molar-refractivity contribution in [3.05, 3.63) is 17.0 Å². The number of halogens is 1. The van der Waals surface area contributed by atoms with Gasteiger partial charge >= 0.3 is 0 Å². The molecule has 1 aliphatic heterocycles. The van der Waals surface area contributed by atoms with Gasteiger partial charge in [-0.1, -0.05) is 6.42 Å². The standard InChI is InChI=1S/C14H22N4OS.ClH/c1-20-10-4-2-3-9(7-10)16-14(19)13-11-8-15-6-5-12(11)17-18-13;/h9-10,15H,2-8H2,1H3,(H,16,19)(H,17,18);1H. The lowest BCUT2D eigenvalue weighted by Crippen LogP contribution is -2.40. The van der Waals surface area contributed by atoms with Crippen molar-refractivity contribution in [2.24, 2.45) is 0 Å². The van der Waals surface area contributed by atoms with E-state index < -0.39 is 0 Å². The topological polar surface area (TPSA) is 69.8 Å². The van der Waals surface area contributed by atoms with Crippen molar-refractivity contribution >= 4 is 30.1 Å². The number of hydrogen-bond acceptors (Lipinski definition) is 4. The number of fused-ring (bicyclic) bond motifs is 1. The molecule has 21 heavy (non-hydrogen) atoms. The first-order valence-electron chi connectivity index (χ1n) is 7.38. The van der Waals surface area contributed by atoms with E-state index in [0.717, 1.165) is 43.6 Å². The van der Waals surface area contributed by atoms with Crippen molar-refractivity contribution in [3.63, 3.8) is 0 Å². The van der Waals surface area contributed by atoms with Gasteiger partial charge in [-0.05, 0) is 25.5 Å². The number of nitrogens with zero attached hydrogens (tertiary/aromatic N) is 1. The van der Waals surface area contributed by atoms with Crippen LogP contribution in [0.4, 0.5) is 0 Å². The van der Waals surface area contributed by atoms with Crippen LogP contribution < -0.4 is 10.6 Å². The zero-order valence-electron chi connectivity index (χ0n) is 12.3. The molecule has 2 atom stereocenters. The molecule has 0 aromatic carbocycles. The molecule has 2 unspecified atom stereocenters. The summed E-state index contributed by atoms with van der Waals surface area (Å²) < 4.78 is 0. The summed E-state index contributed by atoms with van der Waals surface area (Å²) >= 11 is 1.91. The summed E-state index contributed by atoms with van der Waals surface area (Å²) in [4.78, 5) is 12.4. The second-order valence-electron chi connectivity index (χ2n) is 5.65. The maximum absolute atomic E-state index is 12.4. The molecule has 1 aromatic rings. The number of aromatic nitrogens is 2. The van der Waals surface area contributed by atoms with E-state index >= 15 is 0 Å². The molecule has 1 aromatic heterocycles. The molecule has 2 heterocycles. The Hall–Kier alpha value is -0.720. The first-order valence-corrected chi connectivity index (χ1v) is 8.67. The van der Waals surface area contributed by atoms with Crippen LogP contribution in [-0.4, -0.2) is 40.2 Å². The summed E-state index contributed by atoms with van der Waals surface area (Å²) in [6, 6.07) is 0.303. The van der Waals surface area contributed by atoms with Gasteiger partial charge in [0.2, 0.25) is 0 Å². The molecule has 7 heteroatoms. The monoisotopic (exact) mass is 330 g/mol. The normalized spacial score (nSPS) is 24.8. The van der Waals surface area contributed by atoms with Crippen molar-refractivity contribution < 1.29 is 4.79 Å². The molecular weight excluding hydrogens is 308 g/mol. The van der Waals surface area contributed by atoms with Crippen LogP contribution in [0.15, 0.2) is 0 Å². The van der Waals surface area contributed by atoms with Gasteiger partial charge in [0.25, 0.3) is 5.91 Å². The minimum atomic E-state index is -0.0158. The van der Waals surface area contributed by atoms with Crippen molar-refractivity contribution in [1.82, 2.24) is 20.8 Å². The Kier molecular flexibility index (Phi) is 5.96. The number of rotatable bonds is 3. The van der Waals surface area contributed by atoms with Crippen LogP contribution in [0, 0.1) is 0 Å². The van der Waals surface area contributed by atoms with Gasteiger partial charge in [0.1, 0.15) is 0 Å². The highest BCUT2D eigenvalue weighted by atomic mass is 35.5. The largest absolute Gasteiger partial charge is 0.348 e. The van der Waals surface area contributed by atoms with Crippen molar-refractivity contribution in [2.75, 3.05) is 12.8 Å². The molecule has 118 valence electrons. The van der Waals surface area contributed by atoms with E-state index in [4.69, 9.17) is 0 Å². The van der Waals surface area contributed by atoms with Gasteiger partial charge in [-0.3, -0.25) is 9.89 Å². The number of carbonyl (C=O) groups is 1. The summed E-state index contributed by atoms with van der Waals surface area (Å²) in [7, 11) is 0. The summed E-state index contributed by atoms with van der Waals surface area (Å²) in [6.07, 6.45) is 7.73. The van der Waals surface area contributed by atoms with Crippen molar-refractivity contribution in [2.45, 2.75) is 49.9 Å². The van der Waals surface area contributed by atoms with Crippen LogP contribution in [0.5, 0.6) is 0 Å². The second-order valence-corrected chi connectivity index (χ2v) is 6.79. The number of H-pyrrole nitrogens is 1. The van der Waals surface area contributed by atoms with E-state index in [-0.39, 0.29) is 18.3 Å². The minimum Gasteiger partial charge on any atom is -0.348 e. The number of amides is 1. The smallest absolute Gasteiger partial charge is 0.272 e. The number of aromatic amines is 1. The van der Waals surface area contributed by atoms with Gasteiger partial charge in [-0.25, -0.2) is 0 Å². The molecule has 1 saturated carbocycles. The summed E-state index contributed by atoms with van der Waals surface area (Å²) in [5.41, 5.74) is 2.74. The predicted octanol–water partition coefficient (Wildman–Crippen LogP) is 1.88. The molecule has 3 N–H and O–H groups in total. The highest BCUT2D eigenvalue weighted by Crippen LogP contribution is 2.27. The predicted molar refractivity (Wildman–Crippen MR) is 88.3 cm³/mol. The van der Waals surface area contributed by atoms with E-state index in [1.54, 1.807) is 0 Å². The van der Waals surface area contributed by atoms with Gasteiger partial charge in [-0.2, -0.15) is 16.9 Å². The molecular formula is C14H23ClN4OS. The van der Waals surface area contributed by atoms with E-state index in [1.165, 1.54) is 12.8 Å². The van der Waals surface area contributed by atoms with Crippen LogP contribution >= 0.6 is 24.2 Å². The van der Waals surface area contributed by atoms with E-state index in [1.807, 2.05) is 11.8 Å². The van der Waals surface area contributed by atoms with Gasteiger partial charge in [0, 0.05) is 42.1 Å². The van der Waals surface area contributed by atoms with Crippen molar-refractivity contribution in [3.8, 4) is 0 Å². The molecule has 5 nitrogen and oxygen atoms in total. The van der Waals surface area contributed by atoms with Gasteiger partial charge in [0.15, 0.2) is 5.69 Å². The lowest BCUT2D eigenvalue weighted by molar-refractivity contribution is 0.0922. The highest BCUT2D eigenvalue weighted by Gasteiger charge is 2.26. The quantitative estimate of drug-likeness (QED) is 0.791. The number of thioether (sulfide) groups is 1. The highest BCUT2D eigenvalue weighted by molar-refractivity contribution is 7.99. The molecule has 1 fully saturated rings. The lowest BCUT2D eigenvalue weighted by atomic mass is 9.94. The zero-order chi connectivity index (χ0) is 13.9. The molecule has 1 amide bonds. The summed E-state index contributed by atoms with van der Waals surface area (Å²) in [6.45, 7) is 1.70. The molecule has 0 bridgehead atoms. The van der Waals surface area contributed by atoms with Crippen LogP contribution in [0.25, 0.3) is 0 Å². The fraction of sp³-hybridized carbons (Fsp3) is 0.714. The number of carbonyl (C=O) groups excluding carboxylic acids is 1. The third kappa shape index (κ3) is 3.73. The minimum absolute atomic E-state index is 0. The molecule has 1 aliphatic carbocycles. The number of nitrogens with one attached hydrogen (secondary N) is 3. The summed E-state index contributed by atoms with van der Waals surface area (Å²) in [5.74, 6) is -0.0158. The van der Waals surface area contributed by atoms with Crippen LogP contribution in [-0.2, 0) is 13.0 Å². The first-order chi connectivity index (χ1) is 9.78. The maximum Gasteiger partial charge on any atom is 0.272 e. The van der Waals surface area contributed by atoms with E-state index in [2.05, 4.69) is 27.1 Å². The van der Waals surface area contributed by atoms with Crippen LogP contribution in [0.1, 0.15) is 47.4 Å². The van der Waals surface area contributed by atoms with Gasteiger partial charge < -0.3 is 10.6 Å². The lowest BCUT2D eigenvalue weighted by Gasteiger charge is -2.28. The average molecular weight is 331 g/mol. The molecule has 2 aliphatic rings. The maximum atomic E-state index is 12.4. The molecule has 3 rings (SSSR count). The van der Waals surface area contributed by atoms with E-state index in [0.29, 0.717) is 17.0 Å². The van der Waals surface area contributed by atoms with Crippen molar-refractivity contribution in [1.29, 1.82) is 0 Å². The fourth-order valence-electron chi connectivity index (χ4n) is 3.16. The molecule has 0 saturated heterocycles. The Morgan fingerprint density at radius 1 is 1.43 bits per heavy atom. The van der Waals surface area contributed by atoms with E-state index in [9.17, 15) is 4.79 Å². The van der Waals surface area contributed by atoms with Crippen LogP contribution in [0.2, 0.25) is 0 Å². The first kappa shape index (κ1) is 16.6. The van der Waals surface area contributed by atoms with Gasteiger partial charge in [-0.15, -0.1) is 12.4 Å². The zero-order valence-corrected chi connectivity index (χ0v) is 13.9. The number of hydrogen-bond donors (Lipinski definition) is 3. The third-order valence-electron chi connectivity index (χ3n) is 4.32. The third-order valence-corrected chi connectivity index (χ3v) is 5.41. The Morgan fingerprint density at radius 2 is 2.29 bits per heavy atom. The Labute approximate surface area is 135 Å². The Balaban J connectivity index is 0.00000161. The van der Waals surface area contributed by atoms with Crippen LogP contribution in [0.3, 0.4) is 0 Å². The molecule has 0 spiro atoms. The SMILES string of the molecule is CSC1CCCC(NC(=O)c2n[nH]c3c2CNCC3)C1.Cl. The average Bonchev–Trinajstić information content (AvgIpc) is 2.91. The summed E-state index contributed by atoms with van der Waals surface area (Å²) in [5, 5.41) is 14.4. The fourth-order valence-corrected chi connectivity index (χ4v) is 3.98. The second kappa shape index (κ2) is 7.51. The Morgan fingerprint density at radius 3 is 3.10 bits per heavy atom. The Bertz CT molecular complexity index is 493.